The summed E-state index contributed by atoms with van der Waals surface area (Å²) in [6, 6.07) is 8.24. The molecule has 0 radical (unpaired) electrons. The molecule has 1 aromatic carbocycles. The average molecular weight is 300 g/mol. The third kappa shape index (κ3) is 5.90. The van der Waals surface area contributed by atoms with Crippen LogP contribution in [0.25, 0.3) is 0 Å². The maximum Gasteiger partial charge on any atom is 0.210 e. The maximum absolute atomic E-state index is 11.3. The molecule has 5 nitrogen and oxygen atoms in total. The summed E-state index contributed by atoms with van der Waals surface area (Å²) in [7, 11) is 0.150. The summed E-state index contributed by atoms with van der Waals surface area (Å²) in [4.78, 5) is 0. The van der Waals surface area contributed by atoms with Gasteiger partial charge in [-0.3, -0.25) is 0 Å². The molecule has 0 amide bonds. The molecule has 0 spiro atoms. The molecule has 1 aromatic rings. The fraction of sp³-hybridized carbons (Fsp3) is 0.571. The van der Waals surface area contributed by atoms with Gasteiger partial charge in [0.25, 0.3) is 0 Å². The molecule has 0 aliphatic heterocycles. The third-order valence-corrected chi connectivity index (χ3v) is 4.48. The minimum absolute atomic E-state index is 0.273. The average Bonchev–Trinajstić information content (AvgIpc) is 2.37. The Morgan fingerprint density at radius 2 is 2.10 bits per heavy atom. The van der Waals surface area contributed by atoms with Crippen molar-refractivity contribution in [3.05, 3.63) is 29.8 Å². The first-order valence-electron chi connectivity index (χ1n) is 6.60. The van der Waals surface area contributed by atoms with Crippen LogP contribution in [0.15, 0.2) is 24.3 Å². The molecule has 0 aliphatic carbocycles. The highest BCUT2D eigenvalue weighted by atomic mass is 32.2. The summed E-state index contributed by atoms with van der Waals surface area (Å²) >= 11 is 0. The van der Waals surface area contributed by atoms with E-state index in [2.05, 4.69) is 18.3 Å². The molecular weight excluding hydrogens is 276 g/mol. The second-order valence-electron chi connectivity index (χ2n) is 5.00. The topological polar surface area (TPSA) is 58.6 Å². The standard InChI is InChI=1S/C14H24N2O3S/c1-12(15-8-9-16(2)20(4,17)18)10-13-6-5-7-14(11-13)19-3/h5-7,11-12,15H,8-10H2,1-4H3/t12-/m0/s1. The minimum atomic E-state index is -3.09. The lowest BCUT2D eigenvalue weighted by atomic mass is 10.1. The largest absolute Gasteiger partial charge is 0.497 e. The number of hydrogen-bond acceptors (Lipinski definition) is 4. The van der Waals surface area contributed by atoms with Crippen LogP contribution in [0.5, 0.6) is 5.75 Å². The van der Waals surface area contributed by atoms with Gasteiger partial charge in [-0.2, -0.15) is 0 Å². The van der Waals surface area contributed by atoms with Gasteiger partial charge >= 0.3 is 0 Å². The quantitative estimate of drug-likeness (QED) is 0.781. The van der Waals surface area contributed by atoms with Gasteiger partial charge in [-0.05, 0) is 31.0 Å². The van der Waals surface area contributed by atoms with E-state index >= 15 is 0 Å². The zero-order chi connectivity index (χ0) is 15.2. The molecule has 6 heteroatoms. The summed E-state index contributed by atoms with van der Waals surface area (Å²) < 4.78 is 29.0. The third-order valence-electron chi connectivity index (χ3n) is 3.16. The lowest BCUT2D eigenvalue weighted by Gasteiger charge is -2.18. The molecule has 0 heterocycles. The van der Waals surface area contributed by atoms with Gasteiger partial charge in [0.05, 0.1) is 13.4 Å². The van der Waals surface area contributed by atoms with E-state index in [1.54, 1.807) is 14.2 Å². The van der Waals surface area contributed by atoms with Crippen molar-refractivity contribution in [1.82, 2.24) is 9.62 Å². The summed E-state index contributed by atoms with van der Waals surface area (Å²) in [5, 5.41) is 3.32. The van der Waals surface area contributed by atoms with E-state index < -0.39 is 10.0 Å². The Bertz CT molecular complexity index is 517. The van der Waals surface area contributed by atoms with Crippen molar-refractivity contribution in [3.63, 3.8) is 0 Å². The lowest BCUT2D eigenvalue weighted by Crippen LogP contribution is -2.37. The van der Waals surface area contributed by atoms with Crippen LogP contribution < -0.4 is 10.1 Å². The van der Waals surface area contributed by atoms with E-state index in [-0.39, 0.29) is 6.04 Å². The summed E-state index contributed by atoms with van der Waals surface area (Å²) in [6.07, 6.45) is 2.09. The summed E-state index contributed by atoms with van der Waals surface area (Å²) in [5.74, 6) is 0.853. The number of ether oxygens (including phenoxy) is 1. The Morgan fingerprint density at radius 3 is 2.70 bits per heavy atom. The zero-order valence-corrected chi connectivity index (χ0v) is 13.4. The number of benzene rings is 1. The van der Waals surface area contributed by atoms with Gasteiger partial charge < -0.3 is 10.1 Å². The molecule has 0 aromatic heterocycles. The molecule has 114 valence electrons. The maximum atomic E-state index is 11.3. The molecule has 0 unspecified atom stereocenters. The predicted octanol–water partition coefficient (Wildman–Crippen LogP) is 1.11. The smallest absolute Gasteiger partial charge is 0.210 e. The Hall–Kier alpha value is -1.11. The number of hydrogen-bond donors (Lipinski definition) is 1. The minimum Gasteiger partial charge on any atom is -0.497 e. The Labute approximate surface area is 122 Å². The van der Waals surface area contributed by atoms with Crippen molar-refractivity contribution in [2.45, 2.75) is 19.4 Å². The van der Waals surface area contributed by atoms with Crippen LogP contribution in [0.4, 0.5) is 0 Å². The SMILES string of the molecule is COc1cccc(C[C@H](C)NCCN(C)S(C)(=O)=O)c1. The Kier molecular flexibility index (Phi) is 6.45. The van der Waals surface area contributed by atoms with Crippen LogP contribution in [-0.2, 0) is 16.4 Å². The highest BCUT2D eigenvalue weighted by Crippen LogP contribution is 2.13. The van der Waals surface area contributed by atoms with Gasteiger partial charge in [-0.15, -0.1) is 0 Å². The molecular formula is C14H24N2O3S. The highest BCUT2D eigenvalue weighted by Gasteiger charge is 2.10. The lowest BCUT2D eigenvalue weighted by molar-refractivity contribution is 0.413. The molecule has 0 bridgehead atoms. The number of likely N-dealkylation sites (N-methyl/N-ethyl adjacent to an activating group) is 1. The fourth-order valence-corrected chi connectivity index (χ4v) is 2.28. The van der Waals surface area contributed by atoms with E-state index in [0.717, 1.165) is 12.2 Å². The van der Waals surface area contributed by atoms with Crippen LogP contribution in [-0.4, -0.2) is 52.3 Å². The first-order valence-corrected chi connectivity index (χ1v) is 8.45. The van der Waals surface area contributed by atoms with Gasteiger partial charge in [0.1, 0.15) is 5.75 Å². The van der Waals surface area contributed by atoms with Crippen LogP contribution in [0, 0.1) is 0 Å². The molecule has 0 fully saturated rings. The van der Waals surface area contributed by atoms with Gasteiger partial charge in [0.2, 0.25) is 10.0 Å². The number of nitrogens with one attached hydrogen (secondary N) is 1. The fourth-order valence-electron chi connectivity index (χ4n) is 1.86. The van der Waals surface area contributed by atoms with Gasteiger partial charge in [0.15, 0.2) is 0 Å². The van der Waals surface area contributed by atoms with Gasteiger partial charge in [0, 0.05) is 26.2 Å². The highest BCUT2D eigenvalue weighted by molar-refractivity contribution is 7.88. The zero-order valence-electron chi connectivity index (χ0n) is 12.6. The molecule has 1 atom stereocenters. The monoisotopic (exact) mass is 300 g/mol. The first-order chi connectivity index (χ1) is 9.32. The van der Waals surface area contributed by atoms with Crippen molar-refractivity contribution in [2.75, 3.05) is 33.5 Å². The molecule has 0 saturated heterocycles. The molecule has 20 heavy (non-hydrogen) atoms. The summed E-state index contributed by atoms with van der Waals surface area (Å²) in [6.45, 7) is 3.19. The predicted molar refractivity (Wildman–Crippen MR) is 81.6 cm³/mol. The molecule has 1 rings (SSSR count). The van der Waals surface area contributed by atoms with E-state index in [0.29, 0.717) is 13.1 Å². The number of sulfonamides is 1. The summed E-state index contributed by atoms with van der Waals surface area (Å²) in [5.41, 5.74) is 1.20. The number of rotatable bonds is 8. The Balaban J connectivity index is 2.38. The van der Waals surface area contributed by atoms with Crippen molar-refractivity contribution in [2.24, 2.45) is 0 Å². The van der Waals surface area contributed by atoms with Crippen LogP contribution in [0.1, 0.15) is 12.5 Å². The van der Waals surface area contributed by atoms with Gasteiger partial charge in [-0.25, -0.2) is 12.7 Å². The number of nitrogens with zero attached hydrogens (tertiary/aromatic N) is 1. The van der Waals surface area contributed by atoms with Crippen LogP contribution in [0.3, 0.4) is 0 Å². The molecule has 0 aliphatic rings. The van der Waals surface area contributed by atoms with Gasteiger partial charge in [-0.1, -0.05) is 12.1 Å². The van der Waals surface area contributed by atoms with Crippen molar-refractivity contribution in [3.8, 4) is 5.75 Å². The first kappa shape index (κ1) is 16.9. The normalized spacial score (nSPS) is 13.4. The molecule has 0 saturated carbocycles. The molecule has 1 N–H and O–H groups in total. The Morgan fingerprint density at radius 1 is 1.40 bits per heavy atom. The van der Waals surface area contributed by atoms with E-state index in [1.807, 2.05) is 18.2 Å². The van der Waals surface area contributed by atoms with E-state index in [4.69, 9.17) is 4.74 Å². The van der Waals surface area contributed by atoms with E-state index in [1.165, 1.54) is 16.1 Å². The van der Waals surface area contributed by atoms with Crippen LogP contribution >= 0.6 is 0 Å². The van der Waals surface area contributed by atoms with Crippen molar-refractivity contribution in [1.29, 1.82) is 0 Å². The van der Waals surface area contributed by atoms with E-state index in [9.17, 15) is 8.42 Å². The second kappa shape index (κ2) is 7.61. The number of methoxy groups -OCH3 is 1. The van der Waals surface area contributed by atoms with Crippen molar-refractivity contribution < 1.29 is 13.2 Å². The van der Waals surface area contributed by atoms with Crippen molar-refractivity contribution >= 4 is 10.0 Å². The second-order valence-corrected chi connectivity index (χ2v) is 7.08. The van der Waals surface area contributed by atoms with Crippen LogP contribution in [0.2, 0.25) is 0 Å².